The van der Waals surface area contributed by atoms with Gasteiger partial charge in [0.05, 0.1) is 5.56 Å². The standard InChI is InChI=1S/C11H10F3/c1-3-8(2)9-4-6-10(7-5-9)11(12,13)14/h3-7H,1H2,2H3. The molecule has 1 rings (SSSR count). The first-order valence-corrected chi connectivity index (χ1v) is 4.09. The molecule has 0 N–H and O–H groups in total. The van der Waals surface area contributed by atoms with Crippen LogP contribution in [-0.4, -0.2) is 0 Å². The lowest BCUT2D eigenvalue weighted by Crippen LogP contribution is -2.04. The molecule has 1 radical (unpaired) electrons. The van der Waals surface area contributed by atoms with Gasteiger partial charge in [0.25, 0.3) is 0 Å². The van der Waals surface area contributed by atoms with Gasteiger partial charge in [-0.2, -0.15) is 13.2 Å². The lowest BCUT2D eigenvalue weighted by molar-refractivity contribution is -0.137. The maximum absolute atomic E-state index is 12.2. The zero-order valence-corrected chi connectivity index (χ0v) is 7.73. The minimum Gasteiger partial charge on any atom is -0.166 e. The first-order valence-electron chi connectivity index (χ1n) is 4.09. The van der Waals surface area contributed by atoms with Crippen molar-refractivity contribution >= 4 is 5.57 Å². The third kappa shape index (κ3) is 2.37. The summed E-state index contributed by atoms with van der Waals surface area (Å²) in [7, 11) is 0. The molecular weight excluding hydrogens is 189 g/mol. The summed E-state index contributed by atoms with van der Waals surface area (Å²) in [6.45, 7) is 5.35. The summed E-state index contributed by atoms with van der Waals surface area (Å²) in [5.74, 6) is 0. The Morgan fingerprint density at radius 3 is 2.07 bits per heavy atom. The number of hydrogen-bond donors (Lipinski definition) is 0. The maximum atomic E-state index is 12.2. The molecule has 0 fully saturated rings. The fourth-order valence-electron chi connectivity index (χ4n) is 1.04. The smallest absolute Gasteiger partial charge is 0.166 e. The average Bonchev–Trinajstić information content (AvgIpc) is 2.15. The minimum absolute atomic E-state index is 0.627. The second-order valence-corrected chi connectivity index (χ2v) is 2.96. The molecule has 0 bridgehead atoms. The van der Waals surface area contributed by atoms with E-state index in [-0.39, 0.29) is 0 Å². The zero-order valence-electron chi connectivity index (χ0n) is 7.73. The van der Waals surface area contributed by atoms with Gasteiger partial charge in [0, 0.05) is 0 Å². The molecule has 75 valence electrons. The Kier molecular flexibility index (Phi) is 2.99. The van der Waals surface area contributed by atoms with Gasteiger partial charge in [0.15, 0.2) is 0 Å². The van der Waals surface area contributed by atoms with E-state index in [1.54, 1.807) is 13.0 Å². The highest BCUT2D eigenvalue weighted by atomic mass is 19.4. The summed E-state index contributed by atoms with van der Waals surface area (Å²) in [5.41, 5.74) is 0.991. The first-order chi connectivity index (χ1) is 6.45. The van der Waals surface area contributed by atoms with Gasteiger partial charge < -0.3 is 0 Å². The van der Waals surface area contributed by atoms with Crippen LogP contribution in [0, 0.1) is 6.92 Å². The summed E-state index contributed by atoms with van der Waals surface area (Å²) >= 11 is 0. The van der Waals surface area contributed by atoms with Crippen LogP contribution in [0.25, 0.3) is 5.57 Å². The van der Waals surface area contributed by atoms with Gasteiger partial charge in [-0.25, -0.2) is 0 Å². The highest BCUT2D eigenvalue weighted by Gasteiger charge is 2.29. The highest BCUT2D eigenvalue weighted by Crippen LogP contribution is 2.29. The van der Waals surface area contributed by atoms with Crippen LogP contribution in [0.4, 0.5) is 13.2 Å². The molecule has 14 heavy (non-hydrogen) atoms. The molecule has 0 saturated carbocycles. The van der Waals surface area contributed by atoms with E-state index >= 15 is 0 Å². The molecule has 0 amide bonds. The second kappa shape index (κ2) is 3.86. The molecule has 0 spiro atoms. The Bertz CT molecular complexity index is 331. The topological polar surface area (TPSA) is 0 Å². The van der Waals surface area contributed by atoms with Crippen LogP contribution < -0.4 is 0 Å². The molecule has 0 heterocycles. The number of alkyl halides is 3. The molecule has 0 aliphatic rings. The largest absolute Gasteiger partial charge is 0.416 e. The molecule has 0 saturated heterocycles. The quantitative estimate of drug-likeness (QED) is 0.642. The van der Waals surface area contributed by atoms with Crippen molar-refractivity contribution in [2.45, 2.75) is 13.1 Å². The molecular formula is C11H10F3. The Hall–Kier alpha value is -1.25. The normalized spacial score (nSPS) is 13.1. The van der Waals surface area contributed by atoms with Crippen molar-refractivity contribution in [3.05, 3.63) is 48.4 Å². The SMILES string of the molecule is [CH2]C=C(C)c1ccc(C(F)(F)F)cc1. The fraction of sp³-hybridized carbons (Fsp3) is 0.182. The molecule has 0 aromatic heterocycles. The zero-order chi connectivity index (χ0) is 10.8. The van der Waals surface area contributed by atoms with Crippen LogP contribution in [0.15, 0.2) is 30.3 Å². The van der Waals surface area contributed by atoms with Gasteiger partial charge in [-0.05, 0) is 37.1 Å². The Morgan fingerprint density at radius 1 is 1.21 bits per heavy atom. The fourth-order valence-corrected chi connectivity index (χ4v) is 1.04. The van der Waals surface area contributed by atoms with E-state index in [0.29, 0.717) is 0 Å². The maximum Gasteiger partial charge on any atom is 0.416 e. The van der Waals surface area contributed by atoms with E-state index in [2.05, 4.69) is 6.92 Å². The van der Waals surface area contributed by atoms with Crippen molar-refractivity contribution < 1.29 is 13.2 Å². The average molecular weight is 199 g/mol. The number of rotatable bonds is 1. The molecule has 0 atom stereocenters. The lowest BCUT2D eigenvalue weighted by atomic mass is 10.1. The van der Waals surface area contributed by atoms with Crippen LogP contribution in [0.3, 0.4) is 0 Å². The van der Waals surface area contributed by atoms with Crippen molar-refractivity contribution in [3.63, 3.8) is 0 Å². The molecule has 1 aromatic carbocycles. The van der Waals surface area contributed by atoms with Crippen LogP contribution in [0.2, 0.25) is 0 Å². The van der Waals surface area contributed by atoms with E-state index in [1.807, 2.05) is 0 Å². The van der Waals surface area contributed by atoms with Gasteiger partial charge >= 0.3 is 6.18 Å². The molecule has 3 heteroatoms. The van der Waals surface area contributed by atoms with Crippen LogP contribution in [-0.2, 0) is 6.18 Å². The van der Waals surface area contributed by atoms with Crippen molar-refractivity contribution in [1.29, 1.82) is 0 Å². The number of hydrogen-bond acceptors (Lipinski definition) is 0. The van der Waals surface area contributed by atoms with E-state index in [1.165, 1.54) is 12.1 Å². The Balaban J connectivity index is 3.01. The predicted octanol–water partition coefficient (Wildman–Crippen LogP) is 3.94. The highest BCUT2D eigenvalue weighted by molar-refractivity contribution is 5.64. The molecule has 0 nitrogen and oxygen atoms in total. The van der Waals surface area contributed by atoms with E-state index < -0.39 is 11.7 Å². The summed E-state index contributed by atoms with van der Waals surface area (Å²) in [6, 6.07) is 5.03. The van der Waals surface area contributed by atoms with Gasteiger partial charge in [-0.1, -0.05) is 18.2 Å². The summed E-state index contributed by atoms with van der Waals surface area (Å²) in [5, 5.41) is 0. The van der Waals surface area contributed by atoms with Crippen molar-refractivity contribution in [3.8, 4) is 0 Å². The van der Waals surface area contributed by atoms with Crippen LogP contribution >= 0.6 is 0 Å². The van der Waals surface area contributed by atoms with Gasteiger partial charge in [-0.15, -0.1) is 0 Å². The minimum atomic E-state index is -4.26. The van der Waals surface area contributed by atoms with E-state index in [4.69, 9.17) is 0 Å². The van der Waals surface area contributed by atoms with Crippen LogP contribution in [0.5, 0.6) is 0 Å². The van der Waals surface area contributed by atoms with E-state index in [0.717, 1.165) is 23.3 Å². The molecule has 0 unspecified atom stereocenters. The molecule has 0 aliphatic carbocycles. The van der Waals surface area contributed by atoms with Crippen LogP contribution in [0.1, 0.15) is 18.1 Å². The Labute approximate surface area is 81.1 Å². The van der Waals surface area contributed by atoms with Gasteiger partial charge in [0.1, 0.15) is 0 Å². The number of benzene rings is 1. The lowest BCUT2D eigenvalue weighted by Gasteiger charge is -2.07. The van der Waals surface area contributed by atoms with Crippen molar-refractivity contribution in [2.24, 2.45) is 0 Å². The van der Waals surface area contributed by atoms with Crippen molar-refractivity contribution in [2.75, 3.05) is 0 Å². The summed E-state index contributed by atoms with van der Waals surface area (Å²) in [6.07, 6.45) is -2.65. The summed E-state index contributed by atoms with van der Waals surface area (Å²) in [4.78, 5) is 0. The third-order valence-corrected chi connectivity index (χ3v) is 1.97. The van der Waals surface area contributed by atoms with E-state index in [9.17, 15) is 13.2 Å². The first kappa shape index (κ1) is 10.8. The monoisotopic (exact) mass is 199 g/mol. The van der Waals surface area contributed by atoms with Crippen molar-refractivity contribution in [1.82, 2.24) is 0 Å². The molecule has 1 aromatic rings. The summed E-state index contributed by atoms with van der Waals surface area (Å²) < 4.78 is 36.5. The van der Waals surface area contributed by atoms with Gasteiger partial charge in [0.2, 0.25) is 0 Å². The number of allylic oxidation sites excluding steroid dienone is 2. The third-order valence-electron chi connectivity index (χ3n) is 1.97. The Morgan fingerprint density at radius 2 is 1.71 bits per heavy atom. The number of halogens is 3. The van der Waals surface area contributed by atoms with Gasteiger partial charge in [-0.3, -0.25) is 0 Å². The molecule has 0 aliphatic heterocycles. The predicted molar refractivity (Wildman–Crippen MR) is 50.5 cm³/mol. The second-order valence-electron chi connectivity index (χ2n) is 2.96.